The molecule has 0 aliphatic carbocycles. The van der Waals surface area contributed by atoms with Gasteiger partial charge < -0.3 is 19.8 Å². The Hall–Kier alpha value is -3.28. The number of aromatic amines is 1. The van der Waals surface area contributed by atoms with Crippen LogP contribution >= 0.6 is 0 Å². The molecule has 122 valence electrons. The second-order valence-corrected chi connectivity index (χ2v) is 5.07. The number of nitrogens with one attached hydrogen (secondary N) is 2. The molecule has 2 N–H and O–H groups in total. The van der Waals surface area contributed by atoms with Gasteiger partial charge in [0.2, 0.25) is 0 Å². The van der Waals surface area contributed by atoms with E-state index in [0.717, 1.165) is 11.3 Å². The summed E-state index contributed by atoms with van der Waals surface area (Å²) in [4.78, 5) is 19.4. The summed E-state index contributed by atoms with van der Waals surface area (Å²) < 4.78 is 10.4. The van der Waals surface area contributed by atoms with E-state index < -0.39 is 0 Å². The summed E-state index contributed by atoms with van der Waals surface area (Å²) in [6, 6.07) is 12.6. The highest BCUT2D eigenvalue weighted by Gasteiger charge is 2.11. The molecule has 3 rings (SSSR count). The standard InChI is InChI=1S/C18H17N3O3/c1-23-16-8-5-13(9-17(16)24-2)18(22)21-14-6-3-12(4-7-14)15-10-19-11-20-15/h3-11H,1-2H3,(H,19,20)(H,21,22). The van der Waals surface area contributed by atoms with Gasteiger partial charge in [-0.1, -0.05) is 12.1 Å². The van der Waals surface area contributed by atoms with E-state index >= 15 is 0 Å². The van der Waals surface area contributed by atoms with Crippen LogP contribution in [0.15, 0.2) is 55.0 Å². The van der Waals surface area contributed by atoms with Crippen molar-refractivity contribution in [1.82, 2.24) is 9.97 Å². The molecule has 0 fully saturated rings. The predicted octanol–water partition coefficient (Wildman–Crippen LogP) is 3.35. The zero-order valence-corrected chi connectivity index (χ0v) is 13.4. The molecule has 6 nitrogen and oxygen atoms in total. The third kappa shape index (κ3) is 3.22. The fourth-order valence-corrected chi connectivity index (χ4v) is 2.33. The molecule has 24 heavy (non-hydrogen) atoms. The van der Waals surface area contributed by atoms with Crippen LogP contribution in [0.4, 0.5) is 5.69 Å². The van der Waals surface area contributed by atoms with Crippen LogP contribution in [0.25, 0.3) is 11.3 Å². The van der Waals surface area contributed by atoms with Crippen LogP contribution in [0.2, 0.25) is 0 Å². The Morgan fingerprint density at radius 3 is 2.42 bits per heavy atom. The van der Waals surface area contributed by atoms with Gasteiger partial charge in [-0.2, -0.15) is 0 Å². The maximum Gasteiger partial charge on any atom is 0.255 e. The Balaban J connectivity index is 1.75. The molecule has 0 spiro atoms. The summed E-state index contributed by atoms with van der Waals surface area (Å²) in [6.45, 7) is 0. The van der Waals surface area contributed by atoms with Gasteiger partial charge in [0.25, 0.3) is 5.91 Å². The van der Waals surface area contributed by atoms with Crippen LogP contribution < -0.4 is 14.8 Å². The van der Waals surface area contributed by atoms with E-state index in [0.29, 0.717) is 22.7 Å². The summed E-state index contributed by atoms with van der Waals surface area (Å²) in [7, 11) is 3.09. The molecule has 0 saturated heterocycles. The molecule has 2 aromatic carbocycles. The van der Waals surface area contributed by atoms with Gasteiger partial charge >= 0.3 is 0 Å². The number of aromatic nitrogens is 2. The lowest BCUT2D eigenvalue weighted by Gasteiger charge is -2.10. The van der Waals surface area contributed by atoms with Crippen LogP contribution in [0.3, 0.4) is 0 Å². The highest BCUT2D eigenvalue weighted by molar-refractivity contribution is 6.04. The zero-order valence-electron chi connectivity index (χ0n) is 13.4. The first kappa shape index (κ1) is 15.6. The number of H-pyrrole nitrogens is 1. The SMILES string of the molecule is COc1ccc(C(=O)Nc2ccc(-c3cnc[nH]3)cc2)cc1OC. The van der Waals surface area contributed by atoms with Crippen molar-refractivity contribution >= 4 is 11.6 Å². The van der Waals surface area contributed by atoms with Crippen molar-refractivity contribution in [3.63, 3.8) is 0 Å². The Morgan fingerprint density at radius 2 is 1.79 bits per heavy atom. The number of ether oxygens (including phenoxy) is 2. The van der Waals surface area contributed by atoms with Crippen molar-refractivity contribution in [3.8, 4) is 22.8 Å². The third-order valence-corrected chi connectivity index (χ3v) is 3.60. The molecule has 3 aromatic rings. The van der Waals surface area contributed by atoms with Gasteiger partial charge in [0.05, 0.1) is 32.4 Å². The molecule has 0 saturated carbocycles. The normalized spacial score (nSPS) is 10.2. The van der Waals surface area contributed by atoms with Crippen LogP contribution in [-0.2, 0) is 0 Å². The second kappa shape index (κ2) is 6.87. The maximum atomic E-state index is 12.4. The minimum atomic E-state index is -0.217. The van der Waals surface area contributed by atoms with Gasteiger partial charge in [0.15, 0.2) is 11.5 Å². The van der Waals surface area contributed by atoms with E-state index in [4.69, 9.17) is 9.47 Å². The molecule has 0 radical (unpaired) electrons. The third-order valence-electron chi connectivity index (χ3n) is 3.60. The number of carbonyl (C=O) groups excluding carboxylic acids is 1. The lowest BCUT2D eigenvalue weighted by molar-refractivity contribution is 0.102. The van der Waals surface area contributed by atoms with Gasteiger partial charge in [-0.25, -0.2) is 4.98 Å². The lowest BCUT2D eigenvalue weighted by atomic mass is 10.1. The van der Waals surface area contributed by atoms with E-state index in [2.05, 4.69) is 15.3 Å². The largest absolute Gasteiger partial charge is 0.493 e. The smallest absolute Gasteiger partial charge is 0.255 e. The number of imidazole rings is 1. The van der Waals surface area contributed by atoms with E-state index in [9.17, 15) is 4.79 Å². The molecule has 1 heterocycles. The summed E-state index contributed by atoms with van der Waals surface area (Å²) in [5, 5.41) is 2.86. The fraction of sp³-hybridized carbons (Fsp3) is 0.111. The van der Waals surface area contributed by atoms with Gasteiger partial charge in [0, 0.05) is 11.3 Å². The quantitative estimate of drug-likeness (QED) is 0.755. The molecule has 0 aliphatic rings. The fourth-order valence-electron chi connectivity index (χ4n) is 2.33. The molecule has 6 heteroatoms. The topological polar surface area (TPSA) is 76.2 Å². The van der Waals surface area contributed by atoms with Crippen LogP contribution in [-0.4, -0.2) is 30.1 Å². The number of amides is 1. The molecular weight excluding hydrogens is 306 g/mol. The maximum absolute atomic E-state index is 12.4. The minimum absolute atomic E-state index is 0.217. The number of nitrogens with zero attached hydrogens (tertiary/aromatic N) is 1. The first-order chi connectivity index (χ1) is 11.7. The van der Waals surface area contributed by atoms with E-state index in [-0.39, 0.29) is 5.91 Å². The summed E-state index contributed by atoms with van der Waals surface area (Å²) in [6.07, 6.45) is 3.37. The van der Waals surface area contributed by atoms with Crippen molar-refractivity contribution < 1.29 is 14.3 Å². The molecular formula is C18H17N3O3. The van der Waals surface area contributed by atoms with E-state index in [1.54, 1.807) is 37.8 Å². The Bertz CT molecular complexity index is 827. The molecule has 1 aromatic heterocycles. The van der Waals surface area contributed by atoms with E-state index in [1.807, 2.05) is 24.3 Å². The Labute approximate surface area is 139 Å². The monoisotopic (exact) mass is 323 g/mol. The molecule has 0 unspecified atom stereocenters. The minimum Gasteiger partial charge on any atom is -0.493 e. The predicted molar refractivity (Wildman–Crippen MR) is 91.5 cm³/mol. The van der Waals surface area contributed by atoms with Gasteiger partial charge in [0.1, 0.15) is 0 Å². The van der Waals surface area contributed by atoms with Crippen molar-refractivity contribution in [3.05, 3.63) is 60.6 Å². The number of carbonyl (C=O) groups is 1. The molecule has 1 amide bonds. The number of rotatable bonds is 5. The summed E-state index contributed by atoms with van der Waals surface area (Å²) >= 11 is 0. The van der Waals surface area contributed by atoms with Crippen molar-refractivity contribution in [2.24, 2.45) is 0 Å². The van der Waals surface area contributed by atoms with E-state index in [1.165, 1.54) is 7.11 Å². The number of hydrogen-bond acceptors (Lipinski definition) is 4. The molecule has 0 atom stereocenters. The van der Waals surface area contributed by atoms with Crippen molar-refractivity contribution in [2.75, 3.05) is 19.5 Å². The average Bonchev–Trinajstić information content (AvgIpc) is 3.16. The number of hydrogen-bond donors (Lipinski definition) is 2. The van der Waals surface area contributed by atoms with Gasteiger partial charge in [-0.15, -0.1) is 0 Å². The summed E-state index contributed by atoms with van der Waals surface area (Å²) in [5.41, 5.74) is 3.12. The highest BCUT2D eigenvalue weighted by atomic mass is 16.5. The molecule has 0 aliphatic heterocycles. The summed E-state index contributed by atoms with van der Waals surface area (Å²) in [5.74, 6) is 0.878. The first-order valence-electron chi connectivity index (χ1n) is 7.33. The lowest BCUT2D eigenvalue weighted by Crippen LogP contribution is -2.12. The Morgan fingerprint density at radius 1 is 1.04 bits per heavy atom. The van der Waals surface area contributed by atoms with Crippen molar-refractivity contribution in [2.45, 2.75) is 0 Å². The molecule has 0 bridgehead atoms. The van der Waals surface area contributed by atoms with Crippen molar-refractivity contribution in [1.29, 1.82) is 0 Å². The van der Waals surface area contributed by atoms with Gasteiger partial charge in [-0.05, 0) is 35.9 Å². The van der Waals surface area contributed by atoms with Crippen LogP contribution in [0.1, 0.15) is 10.4 Å². The average molecular weight is 323 g/mol. The number of anilines is 1. The number of benzene rings is 2. The first-order valence-corrected chi connectivity index (χ1v) is 7.33. The zero-order chi connectivity index (χ0) is 16.9. The second-order valence-electron chi connectivity index (χ2n) is 5.07. The Kier molecular flexibility index (Phi) is 4.47. The number of methoxy groups -OCH3 is 2. The van der Waals surface area contributed by atoms with Gasteiger partial charge in [-0.3, -0.25) is 4.79 Å². The van der Waals surface area contributed by atoms with Crippen LogP contribution in [0, 0.1) is 0 Å². The van der Waals surface area contributed by atoms with Crippen LogP contribution in [0.5, 0.6) is 11.5 Å². The highest BCUT2D eigenvalue weighted by Crippen LogP contribution is 2.28.